The predicted molar refractivity (Wildman–Crippen MR) is 130 cm³/mol. The predicted octanol–water partition coefficient (Wildman–Crippen LogP) is 4.30. The third-order valence-corrected chi connectivity index (χ3v) is 6.85. The Hall–Kier alpha value is -3.28. The Morgan fingerprint density at radius 2 is 2.09 bits per heavy atom. The number of nitrogens with one attached hydrogen (secondary N) is 2. The minimum atomic E-state index is -0.197. The molecule has 7 nitrogen and oxygen atoms in total. The number of ether oxygens (including phenoxy) is 1. The minimum Gasteiger partial charge on any atom is -0.381 e. The summed E-state index contributed by atoms with van der Waals surface area (Å²) in [6, 6.07) is 2.65. The molecule has 2 atom stereocenters. The fourth-order valence-corrected chi connectivity index (χ4v) is 4.97. The summed E-state index contributed by atoms with van der Waals surface area (Å²) in [4.78, 5) is 4.91. The summed E-state index contributed by atoms with van der Waals surface area (Å²) in [5.74, 6) is 0.669. The number of allylic oxidation sites excluding steroid dienone is 8. The zero-order valence-corrected chi connectivity index (χ0v) is 19.3. The molecular weight excluding hydrogens is 431 g/mol. The smallest absolute Gasteiger partial charge is 0.165 e. The van der Waals surface area contributed by atoms with Gasteiger partial charge >= 0.3 is 0 Å². The molecule has 0 saturated carbocycles. The summed E-state index contributed by atoms with van der Waals surface area (Å²) in [5, 5.41) is 21.2. The van der Waals surface area contributed by atoms with Crippen molar-refractivity contribution in [2.45, 2.75) is 38.3 Å². The first-order valence-corrected chi connectivity index (χ1v) is 11.9. The van der Waals surface area contributed by atoms with Crippen LogP contribution in [0.15, 0.2) is 48.5 Å². The third kappa shape index (κ3) is 4.41. The number of rotatable bonds is 5. The Balaban J connectivity index is 1.56. The van der Waals surface area contributed by atoms with Crippen molar-refractivity contribution >= 4 is 17.0 Å². The molecule has 2 N–H and O–H groups in total. The van der Waals surface area contributed by atoms with Crippen LogP contribution >= 0.6 is 0 Å². The SMILES string of the molecule is CNc1c(C#N)c(CNC2CCOCC2)nc2c(C3=C/C4C=C(F)C=CC4CC/C=C\3)cnn12. The minimum absolute atomic E-state index is 0.0169. The van der Waals surface area contributed by atoms with E-state index in [1.54, 1.807) is 29.9 Å². The van der Waals surface area contributed by atoms with Gasteiger partial charge in [0.05, 0.1) is 11.9 Å². The Bertz CT molecular complexity index is 1230. The lowest BCUT2D eigenvalue weighted by molar-refractivity contribution is 0.0775. The summed E-state index contributed by atoms with van der Waals surface area (Å²) < 4.78 is 21.2. The number of halogens is 1. The average molecular weight is 461 g/mol. The summed E-state index contributed by atoms with van der Waals surface area (Å²) in [6.45, 7) is 1.98. The van der Waals surface area contributed by atoms with Crippen molar-refractivity contribution in [3.63, 3.8) is 0 Å². The molecule has 0 amide bonds. The van der Waals surface area contributed by atoms with Crippen molar-refractivity contribution < 1.29 is 9.13 Å². The highest BCUT2D eigenvalue weighted by atomic mass is 19.1. The lowest BCUT2D eigenvalue weighted by Gasteiger charge is -2.24. The van der Waals surface area contributed by atoms with Gasteiger partial charge in [-0.1, -0.05) is 24.3 Å². The Labute approximate surface area is 198 Å². The van der Waals surface area contributed by atoms with Gasteiger partial charge in [-0.2, -0.15) is 14.9 Å². The summed E-state index contributed by atoms with van der Waals surface area (Å²) >= 11 is 0. The lowest BCUT2D eigenvalue weighted by Crippen LogP contribution is -2.34. The molecular formula is C26H29FN6O. The van der Waals surface area contributed by atoms with Crippen LogP contribution in [0.2, 0.25) is 0 Å². The molecule has 5 rings (SSSR count). The molecule has 1 aliphatic heterocycles. The van der Waals surface area contributed by atoms with E-state index in [2.05, 4.69) is 40.0 Å². The first-order valence-electron chi connectivity index (χ1n) is 11.9. The van der Waals surface area contributed by atoms with Crippen LogP contribution in [0.3, 0.4) is 0 Å². The van der Waals surface area contributed by atoms with Gasteiger partial charge in [-0.15, -0.1) is 0 Å². The Morgan fingerprint density at radius 3 is 2.88 bits per heavy atom. The molecule has 2 aromatic rings. The van der Waals surface area contributed by atoms with Gasteiger partial charge in [-0.3, -0.25) is 0 Å². The maximum Gasteiger partial charge on any atom is 0.165 e. The van der Waals surface area contributed by atoms with Crippen LogP contribution < -0.4 is 10.6 Å². The number of hydrogen-bond donors (Lipinski definition) is 2. The van der Waals surface area contributed by atoms with E-state index in [-0.39, 0.29) is 17.7 Å². The molecule has 1 fully saturated rings. The highest BCUT2D eigenvalue weighted by Crippen LogP contribution is 2.35. The number of nitrogens with zero attached hydrogens (tertiary/aromatic N) is 4. The molecule has 8 heteroatoms. The van der Waals surface area contributed by atoms with Crippen molar-refractivity contribution in [2.24, 2.45) is 11.8 Å². The van der Waals surface area contributed by atoms with Gasteiger partial charge < -0.3 is 15.4 Å². The van der Waals surface area contributed by atoms with Crippen LogP contribution in [0, 0.1) is 23.2 Å². The van der Waals surface area contributed by atoms with Crippen LogP contribution in [-0.4, -0.2) is 40.9 Å². The van der Waals surface area contributed by atoms with Gasteiger partial charge in [0, 0.05) is 44.3 Å². The normalized spacial score (nSPS) is 25.4. The molecule has 176 valence electrons. The maximum atomic E-state index is 14.0. The van der Waals surface area contributed by atoms with Crippen molar-refractivity contribution in [2.75, 3.05) is 25.6 Å². The Kier molecular flexibility index (Phi) is 6.57. The van der Waals surface area contributed by atoms with Crippen molar-refractivity contribution in [1.29, 1.82) is 5.26 Å². The van der Waals surface area contributed by atoms with Crippen molar-refractivity contribution in [3.8, 4) is 6.07 Å². The third-order valence-electron chi connectivity index (χ3n) is 6.85. The quantitative estimate of drug-likeness (QED) is 0.692. The van der Waals surface area contributed by atoms with Crippen LogP contribution in [-0.2, 0) is 11.3 Å². The molecule has 2 unspecified atom stereocenters. The van der Waals surface area contributed by atoms with Gasteiger partial charge in [0.15, 0.2) is 5.65 Å². The van der Waals surface area contributed by atoms with E-state index in [0.29, 0.717) is 35.3 Å². The number of nitriles is 1. The molecule has 3 heterocycles. The van der Waals surface area contributed by atoms with Gasteiger partial charge in [0.25, 0.3) is 0 Å². The van der Waals surface area contributed by atoms with E-state index in [1.165, 1.54) is 0 Å². The van der Waals surface area contributed by atoms with E-state index >= 15 is 0 Å². The van der Waals surface area contributed by atoms with Crippen LogP contribution in [0.25, 0.3) is 11.2 Å². The van der Waals surface area contributed by atoms with Crippen molar-refractivity contribution in [3.05, 3.63) is 65.3 Å². The first kappa shape index (κ1) is 22.5. The van der Waals surface area contributed by atoms with Crippen molar-refractivity contribution in [1.82, 2.24) is 19.9 Å². The van der Waals surface area contributed by atoms with E-state index in [1.807, 2.05) is 6.08 Å². The maximum absolute atomic E-state index is 14.0. The standard InChI is InChI=1S/C26H29FN6O/c1-29-25-22(14-28)24(16-30-21-8-10-34-11-9-21)32-26-23(15-31-33(25)26)18-5-3-2-4-17-6-7-20(27)13-19(17)12-18/h3,5-7,12-13,15,17,19,21,29-30H,2,4,8-11,16H2,1H3/b5-3-,18-12+. The van der Waals surface area contributed by atoms with Crippen LogP contribution in [0.1, 0.15) is 42.5 Å². The molecule has 0 spiro atoms. The fourth-order valence-electron chi connectivity index (χ4n) is 4.97. The fraction of sp³-hybridized carbons (Fsp3) is 0.423. The molecule has 34 heavy (non-hydrogen) atoms. The number of aromatic nitrogens is 3. The second-order valence-corrected chi connectivity index (χ2v) is 8.96. The first-order chi connectivity index (χ1) is 16.7. The topological polar surface area (TPSA) is 87.3 Å². The van der Waals surface area contributed by atoms with E-state index in [4.69, 9.17) is 9.72 Å². The largest absolute Gasteiger partial charge is 0.381 e. The van der Waals surface area contributed by atoms with Crippen LogP contribution in [0.5, 0.6) is 0 Å². The monoisotopic (exact) mass is 460 g/mol. The van der Waals surface area contributed by atoms with E-state index < -0.39 is 0 Å². The molecule has 0 radical (unpaired) electrons. The number of anilines is 1. The number of hydrogen-bond acceptors (Lipinski definition) is 6. The highest BCUT2D eigenvalue weighted by Gasteiger charge is 2.24. The van der Waals surface area contributed by atoms with Gasteiger partial charge in [-0.05, 0) is 49.3 Å². The molecule has 0 bridgehead atoms. The van der Waals surface area contributed by atoms with Crippen LogP contribution in [0.4, 0.5) is 10.2 Å². The zero-order chi connectivity index (χ0) is 23.5. The van der Waals surface area contributed by atoms with E-state index in [9.17, 15) is 9.65 Å². The molecule has 0 aromatic carbocycles. The summed E-state index contributed by atoms with van der Waals surface area (Å²) in [6.07, 6.45) is 17.2. The summed E-state index contributed by atoms with van der Waals surface area (Å²) in [5.41, 5.74) is 3.68. The van der Waals surface area contributed by atoms with E-state index in [0.717, 1.165) is 50.0 Å². The van der Waals surface area contributed by atoms with Gasteiger partial charge in [0.2, 0.25) is 0 Å². The second-order valence-electron chi connectivity index (χ2n) is 8.96. The highest BCUT2D eigenvalue weighted by molar-refractivity contribution is 5.83. The lowest BCUT2D eigenvalue weighted by atomic mass is 9.81. The molecule has 2 aromatic heterocycles. The molecule has 1 saturated heterocycles. The summed E-state index contributed by atoms with van der Waals surface area (Å²) in [7, 11) is 1.79. The van der Waals surface area contributed by atoms with Gasteiger partial charge in [0.1, 0.15) is 23.3 Å². The number of fused-ring (bicyclic) bond motifs is 2. The Morgan fingerprint density at radius 1 is 1.24 bits per heavy atom. The molecule has 3 aliphatic rings. The zero-order valence-electron chi connectivity index (χ0n) is 19.3. The second kappa shape index (κ2) is 9.92. The van der Waals surface area contributed by atoms with Gasteiger partial charge in [-0.25, -0.2) is 9.37 Å². The molecule has 2 aliphatic carbocycles. The average Bonchev–Trinajstić information content (AvgIpc) is 3.26.